The van der Waals surface area contributed by atoms with Gasteiger partial charge in [-0.05, 0) is 13.3 Å². The van der Waals surface area contributed by atoms with Crippen molar-refractivity contribution in [2.24, 2.45) is 0 Å². The number of aromatic nitrogens is 3. The Kier molecular flexibility index (Phi) is 3.85. The summed E-state index contributed by atoms with van der Waals surface area (Å²) in [7, 11) is 0. The summed E-state index contributed by atoms with van der Waals surface area (Å²) in [6.45, 7) is 2.48. The molecule has 1 unspecified atom stereocenters. The van der Waals surface area contributed by atoms with Gasteiger partial charge in [0.1, 0.15) is 5.69 Å². The lowest BCUT2D eigenvalue weighted by atomic mass is 10.2. The van der Waals surface area contributed by atoms with E-state index in [4.69, 9.17) is 4.74 Å². The van der Waals surface area contributed by atoms with Crippen molar-refractivity contribution in [3.05, 3.63) is 11.4 Å². The van der Waals surface area contributed by atoms with E-state index in [9.17, 15) is 13.6 Å². The second-order valence-electron chi connectivity index (χ2n) is 3.81. The van der Waals surface area contributed by atoms with Crippen molar-refractivity contribution < 1.29 is 23.0 Å². The minimum absolute atomic E-state index is 0.0981. The molecule has 0 radical (unpaired) electrons. The standard InChI is InChI=1S/C10H13F2N3O3/c1-2-18-10(16)7-8(9(11)12)15(14-13-7)6-3-4-17-5-6/h6,9H,2-5H2,1H3. The third-order valence-corrected chi connectivity index (χ3v) is 2.66. The molecule has 0 saturated carbocycles. The van der Waals surface area contributed by atoms with Crippen LogP contribution in [-0.2, 0) is 9.47 Å². The molecular weight excluding hydrogens is 248 g/mol. The predicted octanol–water partition coefficient (Wildman–Crippen LogP) is 1.35. The van der Waals surface area contributed by atoms with E-state index in [1.165, 1.54) is 0 Å². The quantitative estimate of drug-likeness (QED) is 0.765. The van der Waals surface area contributed by atoms with Crippen molar-refractivity contribution in [2.75, 3.05) is 19.8 Å². The van der Waals surface area contributed by atoms with Crippen LogP contribution < -0.4 is 0 Å². The fourth-order valence-electron chi connectivity index (χ4n) is 1.83. The number of carbonyl (C=O) groups excluding carboxylic acids is 1. The molecular formula is C10H13F2N3O3. The first-order chi connectivity index (χ1) is 8.65. The van der Waals surface area contributed by atoms with Crippen LogP contribution in [0.3, 0.4) is 0 Å². The van der Waals surface area contributed by atoms with Crippen molar-refractivity contribution in [2.45, 2.75) is 25.8 Å². The zero-order valence-corrected chi connectivity index (χ0v) is 9.81. The Morgan fingerprint density at radius 1 is 1.67 bits per heavy atom. The van der Waals surface area contributed by atoms with Gasteiger partial charge >= 0.3 is 5.97 Å². The zero-order valence-electron chi connectivity index (χ0n) is 9.81. The van der Waals surface area contributed by atoms with E-state index in [1.807, 2.05) is 0 Å². The summed E-state index contributed by atoms with van der Waals surface area (Å²) in [5.74, 6) is -0.877. The third-order valence-electron chi connectivity index (χ3n) is 2.66. The fourth-order valence-corrected chi connectivity index (χ4v) is 1.83. The maximum atomic E-state index is 13.0. The van der Waals surface area contributed by atoms with E-state index < -0.39 is 23.8 Å². The normalized spacial score (nSPS) is 19.4. The van der Waals surface area contributed by atoms with Gasteiger partial charge in [-0.15, -0.1) is 5.10 Å². The molecule has 0 spiro atoms. The Bertz CT molecular complexity index is 430. The van der Waals surface area contributed by atoms with E-state index >= 15 is 0 Å². The SMILES string of the molecule is CCOC(=O)c1nnn(C2CCOC2)c1C(F)F. The maximum Gasteiger partial charge on any atom is 0.361 e. The Labute approximate surface area is 102 Å². The summed E-state index contributed by atoms with van der Waals surface area (Å²) < 4.78 is 36.9. The van der Waals surface area contributed by atoms with Gasteiger partial charge in [0.2, 0.25) is 0 Å². The molecule has 1 aromatic heterocycles. The lowest BCUT2D eigenvalue weighted by molar-refractivity contribution is 0.0506. The summed E-state index contributed by atoms with van der Waals surface area (Å²) in [5, 5.41) is 7.13. The highest BCUT2D eigenvalue weighted by molar-refractivity contribution is 5.88. The van der Waals surface area contributed by atoms with Crippen LogP contribution in [-0.4, -0.2) is 40.8 Å². The number of ether oxygens (including phenoxy) is 2. The fraction of sp³-hybridized carbons (Fsp3) is 0.700. The largest absolute Gasteiger partial charge is 0.461 e. The van der Waals surface area contributed by atoms with Crippen LogP contribution >= 0.6 is 0 Å². The molecule has 8 heteroatoms. The monoisotopic (exact) mass is 261 g/mol. The number of nitrogens with zero attached hydrogens (tertiary/aromatic N) is 3. The van der Waals surface area contributed by atoms with Gasteiger partial charge < -0.3 is 9.47 Å². The number of hydrogen-bond donors (Lipinski definition) is 0. The second kappa shape index (κ2) is 5.38. The molecule has 0 amide bonds. The maximum absolute atomic E-state index is 13.0. The number of hydrogen-bond acceptors (Lipinski definition) is 5. The molecule has 1 aromatic rings. The zero-order chi connectivity index (χ0) is 13.1. The van der Waals surface area contributed by atoms with Gasteiger partial charge in [-0.1, -0.05) is 5.21 Å². The first-order valence-electron chi connectivity index (χ1n) is 5.63. The number of esters is 1. The molecule has 1 atom stereocenters. The van der Waals surface area contributed by atoms with Crippen LogP contribution in [0.4, 0.5) is 8.78 Å². The Morgan fingerprint density at radius 3 is 3.00 bits per heavy atom. The Balaban J connectivity index is 2.33. The number of halogens is 2. The molecule has 1 aliphatic heterocycles. The van der Waals surface area contributed by atoms with Gasteiger partial charge in [-0.3, -0.25) is 0 Å². The second-order valence-corrected chi connectivity index (χ2v) is 3.81. The van der Waals surface area contributed by atoms with Crippen molar-refractivity contribution in [3.8, 4) is 0 Å². The summed E-state index contributed by atoms with van der Waals surface area (Å²) in [5.41, 5.74) is -0.914. The number of alkyl halides is 2. The first-order valence-corrected chi connectivity index (χ1v) is 5.63. The average molecular weight is 261 g/mol. The highest BCUT2D eigenvalue weighted by atomic mass is 19.3. The van der Waals surface area contributed by atoms with E-state index in [1.54, 1.807) is 6.92 Å². The van der Waals surface area contributed by atoms with Gasteiger partial charge in [0.25, 0.3) is 6.43 Å². The van der Waals surface area contributed by atoms with E-state index in [-0.39, 0.29) is 12.6 Å². The molecule has 2 heterocycles. The number of carbonyl (C=O) groups is 1. The molecule has 0 N–H and O–H groups in total. The first kappa shape index (κ1) is 12.9. The van der Waals surface area contributed by atoms with Gasteiger partial charge in [0, 0.05) is 6.61 Å². The molecule has 1 fully saturated rings. The average Bonchev–Trinajstić information content (AvgIpc) is 2.97. The smallest absolute Gasteiger partial charge is 0.361 e. The van der Waals surface area contributed by atoms with Crippen molar-refractivity contribution in [1.29, 1.82) is 0 Å². The molecule has 18 heavy (non-hydrogen) atoms. The lowest BCUT2D eigenvalue weighted by Gasteiger charge is -2.11. The van der Waals surface area contributed by atoms with Crippen LogP contribution in [0.5, 0.6) is 0 Å². The van der Waals surface area contributed by atoms with Crippen molar-refractivity contribution in [1.82, 2.24) is 15.0 Å². The van der Waals surface area contributed by atoms with E-state index in [0.717, 1.165) is 4.68 Å². The van der Waals surface area contributed by atoms with Crippen molar-refractivity contribution >= 4 is 5.97 Å². The lowest BCUT2D eigenvalue weighted by Crippen LogP contribution is -2.16. The molecule has 100 valence electrons. The van der Waals surface area contributed by atoms with Crippen LogP contribution in [0.1, 0.15) is 42.0 Å². The summed E-state index contributed by atoms with van der Waals surface area (Å²) >= 11 is 0. The minimum Gasteiger partial charge on any atom is -0.461 e. The molecule has 0 aliphatic carbocycles. The van der Waals surface area contributed by atoms with Crippen LogP contribution in [0.15, 0.2) is 0 Å². The number of rotatable bonds is 4. The van der Waals surface area contributed by atoms with Crippen LogP contribution in [0.2, 0.25) is 0 Å². The molecule has 2 rings (SSSR count). The topological polar surface area (TPSA) is 66.2 Å². The van der Waals surface area contributed by atoms with Crippen LogP contribution in [0.25, 0.3) is 0 Å². The van der Waals surface area contributed by atoms with Gasteiger partial charge in [0.15, 0.2) is 5.69 Å². The van der Waals surface area contributed by atoms with Crippen molar-refractivity contribution in [3.63, 3.8) is 0 Å². The van der Waals surface area contributed by atoms with Gasteiger partial charge in [-0.2, -0.15) is 0 Å². The Hall–Kier alpha value is -1.57. The van der Waals surface area contributed by atoms with E-state index in [2.05, 4.69) is 15.0 Å². The summed E-state index contributed by atoms with van der Waals surface area (Å²) in [4.78, 5) is 11.5. The van der Waals surface area contributed by atoms with Gasteiger partial charge in [-0.25, -0.2) is 18.3 Å². The predicted molar refractivity (Wildman–Crippen MR) is 55.4 cm³/mol. The molecule has 0 aromatic carbocycles. The highest BCUT2D eigenvalue weighted by Crippen LogP contribution is 2.28. The van der Waals surface area contributed by atoms with E-state index in [0.29, 0.717) is 19.6 Å². The molecule has 1 aliphatic rings. The van der Waals surface area contributed by atoms with Crippen LogP contribution in [0, 0.1) is 0 Å². The summed E-state index contributed by atoms with van der Waals surface area (Å²) in [6, 6.07) is -0.301. The Morgan fingerprint density at radius 2 is 2.44 bits per heavy atom. The molecule has 1 saturated heterocycles. The van der Waals surface area contributed by atoms with Gasteiger partial charge in [0.05, 0.1) is 19.3 Å². The minimum atomic E-state index is -2.83. The highest BCUT2D eigenvalue weighted by Gasteiger charge is 2.31. The molecule has 6 nitrogen and oxygen atoms in total. The molecule has 0 bridgehead atoms. The summed E-state index contributed by atoms with van der Waals surface area (Å²) in [6.07, 6.45) is -2.26. The third kappa shape index (κ3) is 2.33.